The zero-order chi connectivity index (χ0) is 29.9. The predicted octanol–water partition coefficient (Wildman–Crippen LogP) is 6.00. The number of hydrogen-bond donors (Lipinski definition) is 2. The Morgan fingerprint density at radius 3 is 1.95 bits per heavy atom. The van der Waals surface area contributed by atoms with Gasteiger partial charge in [0.05, 0.1) is 25.4 Å². The molecule has 0 radical (unpaired) electrons. The molecule has 0 aliphatic heterocycles. The van der Waals surface area contributed by atoms with Gasteiger partial charge >= 0.3 is 5.97 Å². The Hall–Kier alpha value is -3.46. The minimum atomic E-state index is -1.30. The first-order chi connectivity index (χ1) is 18.9. The van der Waals surface area contributed by atoms with Crippen LogP contribution in [-0.2, 0) is 9.53 Å². The fourth-order valence-corrected chi connectivity index (χ4v) is 4.17. The molecule has 0 saturated carbocycles. The molecule has 9 nitrogen and oxygen atoms in total. The lowest BCUT2D eigenvalue weighted by molar-refractivity contribution is -0.158. The van der Waals surface area contributed by atoms with Crippen molar-refractivity contribution >= 4 is 30.1 Å². The van der Waals surface area contributed by atoms with Gasteiger partial charge in [-0.05, 0) is 104 Å². The first-order valence-electron chi connectivity index (χ1n) is 13.9. The van der Waals surface area contributed by atoms with Crippen LogP contribution in [0.1, 0.15) is 83.7 Å². The molecule has 41 heavy (non-hydrogen) atoms. The van der Waals surface area contributed by atoms with Gasteiger partial charge in [0.25, 0.3) is 5.91 Å². The Morgan fingerprint density at radius 1 is 0.902 bits per heavy atom. The first-order valence-corrected chi connectivity index (χ1v) is 13.9. The smallest absolute Gasteiger partial charge is 0.349 e. The van der Waals surface area contributed by atoms with Gasteiger partial charge in [-0.2, -0.15) is 0 Å². The summed E-state index contributed by atoms with van der Waals surface area (Å²) in [4.78, 5) is 27.8. The third-order valence-corrected chi connectivity index (χ3v) is 6.15. The van der Waals surface area contributed by atoms with Gasteiger partial charge in [0.2, 0.25) is 0 Å². The summed E-state index contributed by atoms with van der Waals surface area (Å²) in [7, 11) is 0. The number of ether oxygens (including phenoxy) is 4. The zero-order valence-electron chi connectivity index (χ0n) is 25.3. The number of amides is 1. The van der Waals surface area contributed by atoms with Crippen molar-refractivity contribution in [2.75, 3.05) is 19.8 Å². The van der Waals surface area contributed by atoms with Crippen LogP contribution in [0.15, 0.2) is 42.5 Å². The number of nitrogens with zero attached hydrogens (tertiary/aromatic N) is 1. The number of amidine groups is 1. The largest absolute Gasteiger partial charge is 0.494 e. The van der Waals surface area contributed by atoms with E-state index in [4.69, 9.17) is 30.1 Å². The molecule has 1 amide bonds. The molecule has 2 rings (SSSR count). The second kappa shape index (κ2) is 16.7. The molecule has 2 aromatic carbocycles. The summed E-state index contributed by atoms with van der Waals surface area (Å²) >= 11 is 0. The Morgan fingerprint density at radius 2 is 1.44 bits per heavy atom. The van der Waals surface area contributed by atoms with E-state index in [2.05, 4.69) is 0 Å². The van der Waals surface area contributed by atoms with E-state index in [1.165, 1.54) is 0 Å². The van der Waals surface area contributed by atoms with Crippen molar-refractivity contribution in [2.24, 2.45) is 5.73 Å². The van der Waals surface area contributed by atoms with Gasteiger partial charge in [0, 0.05) is 23.7 Å². The normalized spacial score (nSPS) is 11.0. The highest BCUT2D eigenvalue weighted by Gasteiger charge is 2.34. The van der Waals surface area contributed by atoms with Gasteiger partial charge in [-0.25, -0.2) is 4.79 Å². The molecule has 2 aromatic rings. The summed E-state index contributed by atoms with van der Waals surface area (Å²) in [6.45, 7) is 14.1. The van der Waals surface area contributed by atoms with Crippen LogP contribution in [0.3, 0.4) is 0 Å². The molecular weight excluding hydrogens is 546 g/mol. The number of nitrogens with two attached hydrogens (primary N) is 1. The van der Waals surface area contributed by atoms with E-state index in [1.807, 2.05) is 27.7 Å². The molecule has 0 bridgehead atoms. The molecule has 3 N–H and O–H groups in total. The molecule has 0 atom stereocenters. The molecular formula is C31H46ClN3O6. The average molecular weight is 592 g/mol. The number of rotatable bonds is 16. The molecule has 0 unspecified atom stereocenters. The maximum Gasteiger partial charge on any atom is 0.349 e. The Labute approximate surface area is 250 Å². The SMILES string of the molecule is CCOC(=O)C(C)(C)Oc1cc(OCCCCCOc2ccc(C(=N)N)cc2)ccc1C(=O)N(C(C)C)C(C)C.Cl. The number of esters is 1. The number of unbranched alkanes of at least 4 members (excludes halogenated alkanes) is 2. The van der Waals surface area contributed by atoms with Crippen LogP contribution in [0.4, 0.5) is 0 Å². The summed E-state index contributed by atoms with van der Waals surface area (Å²) in [5.74, 6) is 0.901. The van der Waals surface area contributed by atoms with Gasteiger partial charge in [-0.15, -0.1) is 12.4 Å². The number of halogens is 1. The number of hydrogen-bond acceptors (Lipinski definition) is 7. The fraction of sp³-hybridized carbons (Fsp3) is 0.516. The van der Waals surface area contributed by atoms with E-state index in [1.54, 1.807) is 68.1 Å². The molecule has 0 heterocycles. The standard InChI is InChI=1S/C31H45N3O6.ClH/c1-8-37-30(36)31(6,7)40-27-20-25(16-17-26(27)29(35)34(21(2)3)22(4)5)39-19-11-9-10-18-38-24-14-12-23(13-15-24)28(32)33;/h12-17,20-22H,8-11,18-19H2,1-7H3,(H3,32,33);1H. The lowest BCUT2D eigenvalue weighted by atomic mass is 10.1. The fourth-order valence-electron chi connectivity index (χ4n) is 4.17. The van der Waals surface area contributed by atoms with Crippen LogP contribution in [0.5, 0.6) is 17.2 Å². The summed E-state index contributed by atoms with van der Waals surface area (Å²) in [5.41, 5.74) is 5.20. The molecule has 228 valence electrons. The Bertz CT molecular complexity index is 1130. The van der Waals surface area contributed by atoms with E-state index >= 15 is 0 Å². The van der Waals surface area contributed by atoms with E-state index in [0.717, 1.165) is 25.0 Å². The van der Waals surface area contributed by atoms with Crippen molar-refractivity contribution in [1.82, 2.24) is 4.90 Å². The van der Waals surface area contributed by atoms with Gasteiger partial charge in [0.1, 0.15) is 23.1 Å². The molecule has 0 saturated heterocycles. The third kappa shape index (κ3) is 10.8. The summed E-state index contributed by atoms with van der Waals surface area (Å²) in [6.07, 6.45) is 2.57. The lowest BCUT2D eigenvalue weighted by Crippen LogP contribution is -2.43. The highest BCUT2D eigenvalue weighted by atomic mass is 35.5. The summed E-state index contributed by atoms with van der Waals surface area (Å²) in [5, 5.41) is 7.44. The number of nitrogen functional groups attached to an aromatic ring is 1. The molecule has 0 fully saturated rings. The van der Waals surface area contributed by atoms with Crippen LogP contribution in [-0.4, -0.2) is 60.1 Å². The van der Waals surface area contributed by atoms with Crippen LogP contribution in [0.2, 0.25) is 0 Å². The zero-order valence-corrected chi connectivity index (χ0v) is 26.1. The molecule has 0 aliphatic rings. The molecule has 0 aromatic heterocycles. The predicted molar refractivity (Wildman–Crippen MR) is 164 cm³/mol. The highest BCUT2D eigenvalue weighted by Crippen LogP contribution is 2.31. The lowest BCUT2D eigenvalue weighted by Gasteiger charge is -2.32. The van der Waals surface area contributed by atoms with E-state index in [0.29, 0.717) is 30.1 Å². The van der Waals surface area contributed by atoms with E-state index < -0.39 is 11.6 Å². The summed E-state index contributed by atoms with van der Waals surface area (Å²) < 4.78 is 23.0. The van der Waals surface area contributed by atoms with Crippen molar-refractivity contribution in [3.8, 4) is 17.2 Å². The number of carbonyl (C=O) groups is 2. The third-order valence-electron chi connectivity index (χ3n) is 6.15. The van der Waals surface area contributed by atoms with Crippen LogP contribution < -0.4 is 19.9 Å². The minimum Gasteiger partial charge on any atom is -0.494 e. The first kappa shape index (κ1) is 35.6. The molecule has 0 aliphatic carbocycles. The van der Waals surface area contributed by atoms with Crippen molar-refractivity contribution in [3.63, 3.8) is 0 Å². The van der Waals surface area contributed by atoms with E-state index in [9.17, 15) is 9.59 Å². The van der Waals surface area contributed by atoms with Crippen molar-refractivity contribution in [3.05, 3.63) is 53.6 Å². The topological polar surface area (TPSA) is 124 Å². The van der Waals surface area contributed by atoms with Crippen LogP contribution in [0.25, 0.3) is 0 Å². The highest BCUT2D eigenvalue weighted by molar-refractivity contribution is 5.98. The maximum absolute atomic E-state index is 13.5. The van der Waals surface area contributed by atoms with Crippen molar-refractivity contribution in [2.45, 2.75) is 85.4 Å². The number of nitrogens with one attached hydrogen (secondary N) is 1. The monoisotopic (exact) mass is 591 g/mol. The Balaban J connectivity index is 0.00000840. The van der Waals surface area contributed by atoms with Crippen LogP contribution in [0, 0.1) is 5.41 Å². The average Bonchev–Trinajstić information content (AvgIpc) is 2.88. The minimum absolute atomic E-state index is 0. The quantitative estimate of drug-likeness (QED) is 0.106. The van der Waals surface area contributed by atoms with Crippen molar-refractivity contribution in [1.29, 1.82) is 5.41 Å². The second-order valence-corrected chi connectivity index (χ2v) is 10.6. The number of benzene rings is 2. The van der Waals surface area contributed by atoms with E-state index in [-0.39, 0.29) is 48.6 Å². The van der Waals surface area contributed by atoms with Gasteiger partial charge in [0.15, 0.2) is 5.60 Å². The van der Waals surface area contributed by atoms with Crippen LogP contribution >= 0.6 is 12.4 Å². The second-order valence-electron chi connectivity index (χ2n) is 10.6. The van der Waals surface area contributed by atoms with Gasteiger partial charge in [-0.3, -0.25) is 10.2 Å². The van der Waals surface area contributed by atoms with Gasteiger partial charge < -0.3 is 29.6 Å². The van der Waals surface area contributed by atoms with Gasteiger partial charge in [-0.1, -0.05) is 0 Å². The van der Waals surface area contributed by atoms with Crippen molar-refractivity contribution < 1.29 is 28.5 Å². The molecule has 10 heteroatoms. The molecule has 0 spiro atoms. The maximum atomic E-state index is 13.5. The Kier molecular flexibility index (Phi) is 14.5. The summed E-state index contributed by atoms with van der Waals surface area (Å²) in [6, 6.07) is 12.2. The number of carbonyl (C=O) groups excluding carboxylic acids is 2.